The molecule has 0 aliphatic heterocycles. The van der Waals surface area contributed by atoms with Gasteiger partial charge in [0.15, 0.2) is 11.5 Å². The van der Waals surface area contributed by atoms with E-state index < -0.39 is 87.7 Å². The number of hydrogen-bond donors (Lipinski definition) is 2. The van der Waals surface area contributed by atoms with Gasteiger partial charge in [0.1, 0.15) is 6.17 Å². The molecule has 6 nitrogen and oxygen atoms in total. The Balaban J connectivity index is 1.80. The summed E-state index contributed by atoms with van der Waals surface area (Å²) >= 11 is 0. The first kappa shape index (κ1) is 26.9. The van der Waals surface area contributed by atoms with Crippen LogP contribution in [-0.4, -0.2) is 51.5 Å². The molecule has 3 fully saturated rings. The lowest BCUT2D eigenvalue weighted by Gasteiger charge is -2.62. The van der Waals surface area contributed by atoms with E-state index in [1.54, 1.807) is 13.8 Å². The van der Waals surface area contributed by atoms with E-state index in [1.807, 2.05) is 6.92 Å². The van der Waals surface area contributed by atoms with E-state index in [0.717, 1.165) is 25.0 Å². The molecule has 9 heteroatoms. The number of carboxylic acids is 1. The minimum absolute atomic E-state index is 0.0340. The molecular formula is C27H35F3O6. The van der Waals surface area contributed by atoms with Crippen LogP contribution in [0.3, 0.4) is 0 Å². The van der Waals surface area contributed by atoms with Crippen molar-refractivity contribution in [2.24, 2.45) is 28.6 Å². The lowest BCUT2D eigenvalue weighted by Crippen LogP contribution is -2.71. The molecular weight excluding hydrogens is 477 g/mol. The van der Waals surface area contributed by atoms with Crippen molar-refractivity contribution >= 4 is 17.7 Å². The summed E-state index contributed by atoms with van der Waals surface area (Å²) in [6.45, 7) is 6.43. The summed E-state index contributed by atoms with van der Waals surface area (Å²) in [4.78, 5) is 37.5. The maximum Gasteiger partial charge on any atom is 0.349 e. The molecule has 9 atom stereocenters. The van der Waals surface area contributed by atoms with Crippen LogP contribution in [-0.2, 0) is 19.1 Å². The van der Waals surface area contributed by atoms with E-state index in [1.165, 1.54) is 6.92 Å². The van der Waals surface area contributed by atoms with E-state index in [4.69, 9.17) is 4.74 Å². The van der Waals surface area contributed by atoms with Gasteiger partial charge in [0, 0.05) is 34.7 Å². The van der Waals surface area contributed by atoms with Gasteiger partial charge in [-0.2, -0.15) is 0 Å². The maximum atomic E-state index is 17.2. The van der Waals surface area contributed by atoms with E-state index in [0.29, 0.717) is 6.42 Å². The SMILES string of the molecule is CCCCCC(=O)O[C@]1(C(=O)O)[C@@H](C)C[C@H]2[C@@H]3C[C@H](F)C4=C(F)C(=O)C=C[C@]4(C)[C@@]3(F)[C@@H](O)C[C@@]21C. The Labute approximate surface area is 209 Å². The van der Waals surface area contributed by atoms with Crippen molar-refractivity contribution in [2.75, 3.05) is 0 Å². The molecule has 0 heterocycles. The molecule has 0 spiro atoms. The molecule has 0 radical (unpaired) electrons. The van der Waals surface area contributed by atoms with Gasteiger partial charge in [0.2, 0.25) is 11.4 Å². The van der Waals surface area contributed by atoms with Crippen LogP contribution in [0.1, 0.15) is 72.6 Å². The second-order valence-corrected chi connectivity index (χ2v) is 11.6. The number of esters is 1. The van der Waals surface area contributed by atoms with Crippen molar-refractivity contribution in [2.45, 2.75) is 96.2 Å². The Kier molecular flexibility index (Phi) is 6.50. The predicted molar refractivity (Wildman–Crippen MR) is 124 cm³/mol. The monoisotopic (exact) mass is 512 g/mol. The molecule has 0 aromatic heterocycles. The van der Waals surface area contributed by atoms with Crippen molar-refractivity contribution in [1.82, 2.24) is 0 Å². The van der Waals surface area contributed by atoms with E-state index in [-0.39, 0.29) is 19.3 Å². The van der Waals surface area contributed by atoms with Gasteiger partial charge in [-0.1, -0.05) is 39.7 Å². The van der Waals surface area contributed by atoms with Crippen molar-refractivity contribution in [3.63, 3.8) is 0 Å². The van der Waals surface area contributed by atoms with E-state index in [2.05, 4.69) is 0 Å². The average Bonchev–Trinajstić information content (AvgIpc) is 3.01. The Hall–Kier alpha value is -2.16. The third kappa shape index (κ3) is 3.23. The summed E-state index contributed by atoms with van der Waals surface area (Å²) in [5.41, 5.74) is -8.52. The number of ether oxygens (including phenoxy) is 1. The highest BCUT2D eigenvalue weighted by atomic mass is 19.2. The number of allylic oxidation sites excluding steroid dienone is 4. The molecule has 4 aliphatic rings. The summed E-state index contributed by atoms with van der Waals surface area (Å²) in [6.07, 6.45) is -0.369. The Morgan fingerprint density at radius 2 is 1.86 bits per heavy atom. The van der Waals surface area contributed by atoms with Crippen LogP contribution in [0.4, 0.5) is 13.2 Å². The quantitative estimate of drug-likeness (QED) is 0.392. The maximum absolute atomic E-state index is 17.2. The fourth-order valence-corrected chi connectivity index (χ4v) is 8.08. The first-order valence-corrected chi connectivity index (χ1v) is 12.8. The summed E-state index contributed by atoms with van der Waals surface area (Å²) < 4.78 is 53.3. The van der Waals surface area contributed by atoms with Gasteiger partial charge in [-0.05, 0) is 44.6 Å². The van der Waals surface area contributed by atoms with E-state index >= 15 is 8.78 Å². The topological polar surface area (TPSA) is 101 Å². The smallest absolute Gasteiger partial charge is 0.349 e. The number of fused-ring (bicyclic) bond motifs is 5. The van der Waals surface area contributed by atoms with Crippen LogP contribution in [0.25, 0.3) is 0 Å². The van der Waals surface area contributed by atoms with Crippen molar-refractivity contribution in [3.8, 4) is 0 Å². The number of unbranched alkanes of at least 4 members (excludes halogenated alkanes) is 2. The second kappa shape index (κ2) is 8.71. The van der Waals surface area contributed by atoms with Crippen molar-refractivity contribution in [1.29, 1.82) is 0 Å². The van der Waals surface area contributed by atoms with Gasteiger partial charge >= 0.3 is 11.9 Å². The number of carbonyl (C=O) groups is 3. The molecule has 0 aromatic carbocycles. The standard InChI is InChI=1S/C27H35F3O6/c1-5-6-7-8-20(33)36-27(23(34)35)14(2)11-15-16-12-17(28)21-22(29)18(31)9-10-24(21,3)26(16,30)19(32)13-25(15,27)4/h9-10,14-17,19,32H,5-8,11-13H2,1-4H3,(H,34,35)/t14-,15-,16-,17-,19-,24-,25-,26-,27-/m0/s1. The minimum atomic E-state index is -2.55. The van der Waals surface area contributed by atoms with Gasteiger partial charge in [0.05, 0.1) is 6.10 Å². The number of rotatable bonds is 6. The molecule has 0 amide bonds. The zero-order valence-electron chi connectivity index (χ0n) is 21.2. The number of ketones is 1. The molecule has 3 saturated carbocycles. The molecule has 0 saturated heterocycles. The third-order valence-corrected chi connectivity index (χ3v) is 9.82. The summed E-state index contributed by atoms with van der Waals surface area (Å²) in [6, 6.07) is 0. The molecule has 4 aliphatic carbocycles. The fourth-order valence-electron chi connectivity index (χ4n) is 8.08. The largest absolute Gasteiger partial charge is 0.478 e. The number of aliphatic carboxylic acids is 1. The summed E-state index contributed by atoms with van der Waals surface area (Å²) in [5.74, 6) is -7.14. The van der Waals surface area contributed by atoms with Crippen LogP contribution >= 0.6 is 0 Å². The average molecular weight is 513 g/mol. The fraction of sp³-hybridized carbons (Fsp3) is 0.741. The van der Waals surface area contributed by atoms with Crippen molar-refractivity contribution in [3.05, 3.63) is 23.6 Å². The zero-order valence-corrected chi connectivity index (χ0v) is 21.2. The molecule has 36 heavy (non-hydrogen) atoms. The molecule has 200 valence electrons. The van der Waals surface area contributed by atoms with Crippen LogP contribution in [0.2, 0.25) is 0 Å². The van der Waals surface area contributed by atoms with Crippen LogP contribution in [0.15, 0.2) is 23.6 Å². The first-order valence-electron chi connectivity index (χ1n) is 12.8. The number of halogens is 3. The molecule has 0 unspecified atom stereocenters. The molecule has 0 aromatic rings. The van der Waals surface area contributed by atoms with Gasteiger partial charge in [-0.3, -0.25) is 9.59 Å². The number of alkyl halides is 2. The summed E-state index contributed by atoms with van der Waals surface area (Å²) in [5, 5.41) is 21.8. The highest BCUT2D eigenvalue weighted by Gasteiger charge is 2.78. The number of aliphatic hydroxyl groups is 1. The number of carboxylic acid groups (broad SMARTS) is 1. The number of carbonyl (C=O) groups excluding carboxylic acids is 2. The molecule has 4 rings (SSSR count). The van der Waals surface area contributed by atoms with Crippen LogP contribution in [0.5, 0.6) is 0 Å². The second-order valence-electron chi connectivity index (χ2n) is 11.6. The van der Waals surface area contributed by atoms with Crippen LogP contribution < -0.4 is 0 Å². The number of hydrogen-bond acceptors (Lipinski definition) is 5. The molecule has 0 bridgehead atoms. The lowest BCUT2D eigenvalue weighted by molar-refractivity contribution is -0.237. The van der Waals surface area contributed by atoms with Crippen LogP contribution in [0, 0.1) is 28.6 Å². The Bertz CT molecular complexity index is 1040. The van der Waals surface area contributed by atoms with Gasteiger partial charge in [-0.25, -0.2) is 18.0 Å². The zero-order chi connectivity index (χ0) is 26.8. The Morgan fingerprint density at radius 3 is 2.47 bits per heavy atom. The highest BCUT2D eigenvalue weighted by Crippen LogP contribution is 2.71. The lowest BCUT2D eigenvalue weighted by atomic mass is 9.44. The van der Waals surface area contributed by atoms with Gasteiger partial charge < -0.3 is 14.9 Å². The summed E-state index contributed by atoms with van der Waals surface area (Å²) in [7, 11) is 0. The molecule has 2 N–H and O–H groups in total. The van der Waals surface area contributed by atoms with Crippen molar-refractivity contribution < 1.29 is 42.5 Å². The van der Waals surface area contributed by atoms with Gasteiger partial charge in [-0.15, -0.1) is 0 Å². The highest BCUT2D eigenvalue weighted by molar-refractivity contribution is 6.04. The van der Waals surface area contributed by atoms with E-state index in [9.17, 15) is 29.0 Å². The minimum Gasteiger partial charge on any atom is -0.478 e. The normalized spacial score (nSPS) is 45.7. The van der Waals surface area contributed by atoms with Gasteiger partial charge in [0.25, 0.3) is 0 Å². The Morgan fingerprint density at radius 1 is 1.19 bits per heavy atom. The third-order valence-electron chi connectivity index (χ3n) is 9.82. The first-order chi connectivity index (χ1) is 16.7. The predicted octanol–water partition coefficient (Wildman–Crippen LogP) is 4.80. The number of aliphatic hydroxyl groups excluding tert-OH is 1.